The Labute approximate surface area is 117 Å². The van der Waals surface area contributed by atoms with Gasteiger partial charge in [0.15, 0.2) is 5.11 Å². The predicted octanol–water partition coefficient (Wildman–Crippen LogP) is 2.71. The molecule has 18 heavy (non-hydrogen) atoms. The quantitative estimate of drug-likeness (QED) is 0.658. The highest BCUT2D eigenvalue weighted by molar-refractivity contribution is 7.80. The number of esters is 1. The van der Waals surface area contributed by atoms with E-state index in [0.29, 0.717) is 17.3 Å². The lowest BCUT2D eigenvalue weighted by Gasteiger charge is -2.08. The maximum absolute atomic E-state index is 12.0. The highest BCUT2D eigenvalue weighted by Gasteiger charge is 2.22. The Kier molecular flexibility index (Phi) is 5.55. The first-order chi connectivity index (χ1) is 8.54. The molecule has 0 fully saturated rings. The molecule has 1 aromatic heterocycles. The van der Waals surface area contributed by atoms with Crippen LogP contribution < -0.4 is 10.6 Å². The number of nitrogens with one attached hydrogen (secondary N) is 2. The third-order valence-corrected chi connectivity index (χ3v) is 3.87. The average molecular weight is 286 g/mol. The summed E-state index contributed by atoms with van der Waals surface area (Å²) in [7, 11) is 1.74. The third kappa shape index (κ3) is 3.20. The molecule has 0 spiro atoms. The first-order valence-corrected chi connectivity index (χ1v) is 7.05. The van der Waals surface area contributed by atoms with Gasteiger partial charge in [0.05, 0.1) is 12.2 Å². The molecular formula is C12H18N2O2S2. The number of hydrogen-bond acceptors (Lipinski definition) is 4. The maximum atomic E-state index is 12.0. The van der Waals surface area contributed by atoms with E-state index in [-0.39, 0.29) is 5.97 Å². The number of ether oxygens (including phenoxy) is 1. The Balaban J connectivity index is 3.16. The fraction of sp³-hybridized carbons (Fsp3) is 0.500. The van der Waals surface area contributed by atoms with Gasteiger partial charge in [0, 0.05) is 11.9 Å². The Hall–Kier alpha value is -1.14. The molecule has 0 bridgehead atoms. The molecule has 0 aliphatic heterocycles. The second kappa shape index (κ2) is 6.70. The van der Waals surface area contributed by atoms with Gasteiger partial charge in [0.1, 0.15) is 5.00 Å². The largest absolute Gasteiger partial charge is 0.462 e. The molecule has 1 rings (SSSR count). The van der Waals surface area contributed by atoms with E-state index in [1.807, 2.05) is 13.8 Å². The van der Waals surface area contributed by atoms with Crippen molar-refractivity contribution in [2.45, 2.75) is 27.2 Å². The maximum Gasteiger partial charge on any atom is 0.341 e. The second-order valence-corrected chi connectivity index (χ2v) is 5.25. The van der Waals surface area contributed by atoms with Gasteiger partial charge in [-0.2, -0.15) is 0 Å². The second-order valence-electron chi connectivity index (χ2n) is 3.62. The standard InChI is InChI=1S/C12H18N2O2S2/c1-5-8-7(3)18-10(14-12(17)13-4)9(8)11(15)16-6-2/h5-6H2,1-4H3,(H2,13,14,17). The Morgan fingerprint density at radius 2 is 2.11 bits per heavy atom. The van der Waals surface area contributed by atoms with Crippen molar-refractivity contribution >= 4 is 39.6 Å². The minimum absolute atomic E-state index is 0.292. The number of carbonyl (C=O) groups excluding carboxylic acids is 1. The highest BCUT2D eigenvalue weighted by atomic mass is 32.1. The zero-order valence-electron chi connectivity index (χ0n) is 11.0. The first kappa shape index (κ1) is 14.9. The van der Waals surface area contributed by atoms with Crippen molar-refractivity contribution in [3.63, 3.8) is 0 Å². The van der Waals surface area contributed by atoms with E-state index >= 15 is 0 Å². The van der Waals surface area contributed by atoms with E-state index in [1.54, 1.807) is 14.0 Å². The summed E-state index contributed by atoms with van der Waals surface area (Å²) in [5.41, 5.74) is 1.64. The third-order valence-electron chi connectivity index (χ3n) is 2.50. The van der Waals surface area contributed by atoms with Crippen LogP contribution in [0.5, 0.6) is 0 Å². The number of aryl methyl sites for hydroxylation is 1. The minimum Gasteiger partial charge on any atom is -0.462 e. The van der Waals surface area contributed by atoms with Gasteiger partial charge >= 0.3 is 5.97 Å². The lowest BCUT2D eigenvalue weighted by atomic mass is 10.1. The van der Waals surface area contributed by atoms with Gasteiger partial charge in [-0.1, -0.05) is 6.92 Å². The van der Waals surface area contributed by atoms with Crippen LogP contribution in [0, 0.1) is 6.92 Å². The van der Waals surface area contributed by atoms with Crippen LogP contribution in [0.15, 0.2) is 0 Å². The Morgan fingerprint density at radius 1 is 1.44 bits per heavy atom. The SMILES string of the molecule is CCOC(=O)c1c(NC(=S)NC)sc(C)c1CC. The molecule has 6 heteroatoms. The molecular weight excluding hydrogens is 268 g/mol. The van der Waals surface area contributed by atoms with E-state index in [1.165, 1.54) is 11.3 Å². The molecule has 0 aromatic carbocycles. The molecule has 100 valence electrons. The number of anilines is 1. The summed E-state index contributed by atoms with van der Waals surface area (Å²) in [6.07, 6.45) is 0.796. The molecule has 0 saturated heterocycles. The number of thiophene rings is 1. The van der Waals surface area contributed by atoms with E-state index in [2.05, 4.69) is 10.6 Å². The summed E-state index contributed by atoms with van der Waals surface area (Å²) < 4.78 is 5.10. The molecule has 0 aliphatic rings. The van der Waals surface area contributed by atoms with Gasteiger partial charge in [0.25, 0.3) is 0 Å². The highest BCUT2D eigenvalue weighted by Crippen LogP contribution is 2.33. The topological polar surface area (TPSA) is 50.4 Å². The van der Waals surface area contributed by atoms with Gasteiger partial charge < -0.3 is 15.4 Å². The molecule has 1 aromatic rings. The zero-order chi connectivity index (χ0) is 13.7. The Morgan fingerprint density at radius 3 is 2.61 bits per heavy atom. The molecule has 4 nitrogen and oxygen atoms in total. The van der Waals surface area contributed by atoms with Gasteiger partial charge in [-0.25, -0.2) is 4.79 Å². The summed E-state index contributed by atoms with van der Waals surface area (Å²) in [6.45, 7) is 6.19. The van der Waals surface area contributed by atoms with Gasteiger partial charge in [-0.05, 0) is 38.0 Å². The van der Waals surface area contributed by atoms with E-state index in [0.717, 1.165) is 21.9 Å². The van der Waals surface area contributed by atoms with Gasteiger partial charge in [-0.3, -0.25) is 0 Å². The zero-order valence-corrected chi connectivity index (χ0v) is 12.7. The number of thiocarbonyl (C=S) groups is 1. The lowest BCUT2D eigenvalue weighted by molar-refractivity contribution is 0.0527. The molecule has 0 atom stereocenters. The van der Waals surface area contributed by atoms with Crippen LogP contribution in [0.2, 0.25) is 0 Å². The van der Waals surface area contributed by atoms with Crippen molar-refractivity contribution in [2.75, 3.05) is 19.0 Å². The van der Waals surface area contributed by atoms with Crippen molar-refractivity contribution in [1.82, 2.24) is 5.32 Å². The van der Waals surface area contributed by atoms with Crippen LogP contribution in [-0.4, -0.2) is 24.7 Å². The number of rotatable bonds is 4. The normalized spacial score (nSPS) is 10.0. The monoisotopic (exact) mass is 286 g/mol. The summed E-state index contributed by atoms with van der Waals surface area (Å²) in [5.74, 6) is -0.292. The van der Waals surface area contributed by atoms with Crippen molar-refractivity contribution in [1.29, 1.82) is 0 Å². The van der Waals surface area contributed by atoms with E-state index in [9.17, 15) is 4.79 Å². The molecule has 0 radical (unpaired) electrons. The Bertz CT molecular complexity index is 455. The minimum atomic E-state index is -0.292. The van der Waals surface area contributed by atoms with Gasteiger partial charge in [-0.15, -0.1) is 11.3 Å². The fourth-order valence-corrected chi connectivity index (χ4v) is 2.98. The fourth-order valence-electron chi connectivity index (χ4n) is 1.68. The van der Waals surface area contributed by atoms with Crippen molar-refractivity contribution in [2.24, 2.45) is 0 Å². The van der Waals surface area contributed by atoms with Crippen LogP contribution in [0.1, 0.15) is 34.6 Å². The van der Waals surface area contributed by atoms with Crippen LogP contribution in [0.3, 0.4) is 0 Å². The van der Waals surface area contributed by atoms with Crippen LogP contribution >= 0.6 is 23.6 Å². The van der Waals surface area contributed by atoms with Crippen molar-refractivity contribution in [3.8, 4) is 0 Å². The first-order valence-electron chi connectivity index (χ1n) is 5.83. The van der Waals surface area contributed by atoms with E-state index in [4.69, 9.17) is 17.0 Å². The molecule has 0 aliphatic carbocycles. The molecule has 1 heterocycles. The van der Waals surface area contributed by atoms with Crippen LogP contribution in [0.25, 0.3) is 0 Å². The summed E-state index contributed by atoms with van der Waals surface area (Å²) >= 11 is 6.59. The van der Waals surface area contributed by atoms with Crippen molar-refractivity contribution in [3.05, 3.63) is 16.0 Å². The van der Waals surface area contributed by atoms with E-state index < -0.39 is 0 Å². The molecule has 0 amide bonds. The smallest absolute Gasteiger partial charge is 0.341 e. The average Bonchev–Trinajstić information content (AvgIpc) is 2.65. The van der Waals surface area contributed by atoms with Crippen LogP contribution in [0.4, 0.5) is 5.00 Å². The lowest BCUT2D eigenvalue weighted by Crippen LogP contribution is -2.24. The summed E-state index contributed by atoms with van der Waals surface area (Å²) in [4.78, 5) is 13.1. The summed E-state index contributed by atoms with van der Waals surface area (Å²) in [5, 5.41) is 7.11. The van der Waals surface area contributed by atoms with Crippen LogP contribution in [-0.2, 0) is 11.2 Å². The number of carbonyl (C=O) groups is 1. The number of hydrogen-bond donors (Lipinski definition) is 2. The van der Waals surface area contributed by atoms with Crippen molar-refractivity contribution < 1.29 is 9.53 Å². The predicted molar refractivity (Wildman–Crippen MR) is 79.7 cm³/mol. The summed E-state index contributed by atoms with van der Waals surface area (Å²) in [6, 6.07) is 0. The molecule has 2 N–H and O–H groups in total. The van der Waals surface area contributed by atoms with Gasteiger partial charge in [0.2, 0.25) is 0 Å². The molecule has 0 saturated carbocycles. The molecule has 0 unspecified atom stereocenters.